The summed E-state index contributed by atoms with van der Waals surface area (Å²) in [6.45, 7) is 6.56. The molecule has 78 valence electrons. The van der Waals surface area contributed by atoms with Gasteiger partial charge in [0.2, 0.25) is 0 Å². The highest BCUT2D eigenvalue weighted by Crippen LogP contribution is 1.92. The lowest BCUT2D eigenvalue weighted by molar-refractivity contribution is -0.868. The van der Waals surface area contributed by atoms with Crippen LogP contribution in [0.2, 0.25) is 0 Å². The van der Waals surface area contributed by atoms with Crippen LogP contribution in [0.1, 0.15) is 0 Å². The van der Waals surface area contributed by atoms with Crippen molar-refractivity contribution in [2.24, 2.45) is 0 Å². The zero-order chi connectivity index (χ0) is 10.8. The van der Waals surface area contributed by atoms with Gasteiger partial charge in [-0.2, -0.15) is 4.79 Å². The molecular formula is C8H10O6. The first kappa shape index (κ1) is 12.0. The molecule has 0 aromatic rings. The zero-order valence-corrected chi connectivity index (χ0v) is 7.43. The van der Waals surface area contributed by atoms with Crippen molar-refractivity contribution in [1.29, 1.82) is 0 Å². The molecule has 0 radical (unpaired) electrons. The first-order valence-corrected chi connectivity index (χ1v) is 3.60. The second-order valence-corrected chi connectivity index (χ2v) is 1.88. The summed E-state index contributed by atoms with van der Waals surface area (Å²) in [4.78, 5) is 10.7. The monoisotopic (exact) mass is 202 g/mol. The van der Waals surface area contributed by atoms with Gasteiger partial charge in [-0.3, -0.25) is 4.58 Å². The Kier molecular flexibility index (Phi) is 6.57. The van der Waals surface area contributed by atoms with Crippen LogP contribution in [0.25, 0.3) is 0 Å². The Morgan fingerprint density at radius 1 is 1.29 bits per heavy atom. The molecule has 6 heteroatoms. The van der Waals surface area contributed by atoms with Gasteiger partial charge in [0.05, 0.1) is 0 Å². The predicted octanol–water partition coefficient (Wildman–Crippen LogP) is 0.459. The summed E-state index contributed by atoms with van der Waals surface area (Å²) in [6.07, 6.45) is 0.736. The predicted molar refractivity (Wildman–Crippen MR) is 44.2 cm³/mol. The summed E-state index contributed by atoms with van der Waals surface area (Å²) in [7, 11) is 0. The fraction of sp³-hybridized carbons (Fsp3) is 0.250. The Bertz CT molecular complexity index is 232. The Hall–Kier alpha value is -1.98. The van der Waals surface area contributed by atoms with Gasteiger partial charge < -0.3 is 14.7 Å². The van der Waals surface area contributed by atoms with E-state index in [-0.39, 0.29) is 13.2 Å². The molecule has 0 unspecified atom stereocenters. The van der Waals surface area contributed by atoms with Crippen LogP contribution in [0.3, 0.4) is 0 Å². The van der Waals surface area contributed by atoms with E-state index in [0.29, 0.717) is 0 Å². The van der Waals surface area contributed by atoms with Gasteiger partial charge in [-0.1, -0.05) is 19.2 Å². The lowest BCUT2D eigenvalue weighted by Gasteiger charge is -1.96. The Balaban J connectivity index is 3.86. The van der Waals surface area contributed by atoms with Gasteiger partial charge in [0.15, 0.2) is 6.61 Å². The molecule has 0 aromatic heterocycles. The van der Waals surface area contributed by atoms with Gasteiger partial charge >= 0.3 is 12.3 Å². The summed E-state index contributed by atoms with van der Waals surface area (Å²) in [6, 6.07) is 0. The lowest BCUT2D eigenvalue weighted by Crippen LogP contribution is -2.17. The average Bonchev–Trinajstić information content (AvgIpc) is 2.21. The number of rotatable bonds is 4. The maximum absolute atomic E-state index is 10.7. The third-order valence-corrected chi connectivity index (χ3v) is 0.873. The quantitative estimate of drug-likeness (QED) is 0.165. The van der Waals surface area contributed by atoms with Gasteiger partial charge in [0, 0.05) is 0 Å². The average molecular weight is 202 g/mol. The van der Waals surface area contributed by atoms with Crippen molar-refractivity contribution >= 4 is 12.3 Å². The van der Waals surface area contributed by atoms with E-state index in [2.05, 4.69) is 31.9 Å². The molecule has 0 bridgehead atoms. The normalized spacial score (nSPS) is 10.1. The van der Waals surface area contributed by atoms with Crippen LogP contribution in [0.15, 0.2) is 25.3 Å². The molecular weight excluding hydrogens is 192 g/mol. The van der Waals surface area contributed by atoms with Crippen LogP contribution in [0.4, 0.5) is 9.37 Å². The van der Waals surface area contributed by atoms with E-state index in [4.69, 9.17) is 0 Å². The topological polar surface area (TPSA) is 79.1 Å². The van der Waals surface area contributed by atoms with Crippen molar-refractivity contribution in [3.8, 4) is 0 Å². The van der Waals surface area contributed by atoms with Crippen molar-refractivity contribution in [2.75, 3.05) is 13.2 Å². The largest absolute Gasteiger partial charge is 0.735 e. The van der Waals surface area contributed by atoms with Crippen LogP contribution in [0, 0.1) is 0 Å². The molecule has 0 aliphatic rings. The first-order valence-electron chi connectivity index (χ1n) is 3.60. The highest BCUT2D eigenvalue weighted by molar-refractivity contribution is 5.77. The molecule has 0 aliphatic carbocycles. The molecule has 0 atom stereocenters. The maximum Gasteiger partial charge on any atom is 0.735 e. The molecule has 0 saturated heterocycles. The molecule has 0 fully saturated rings. The first-order chi connectivity index (χ1) is 6.74. The molecule has 0 aromatic carbocycles. The van der Waals surface area contributed by atoms with E-state index in [1.807, 2.05) is 0 Å². The molecule has 0 heterocycles. The lowest BCUT2D eigenvalue weighted by atomic mass is 10.7. The number of hydrogen-bond donors (Lipinski definition) is 0. The molecule has 0 aliphatic heterocycles. The van der Waals surface area contributed by atoms with E-state index >= 15 is 0 Å². The summed E-state index contributed by atoms with van der Waals surface area (Å²) in [5.41, 5.74) is 0. The van der Waals surface area contributed by atoms with Crippen LogP contribution in [0.5, 0.6) is 0 Å². The van der Waals surface area contributed by atoms with Crippen LogP contribution >= 0.6 is 0 Å². The van der Waals surface area contributed by atoms with E-state index in [0.717, 1.165) is 0 Å². The summed E-state index contributed by atoms with van der Waals surface area (Å²) < 4.78 is 16.4. The number of hydrogen-bond acceptors (Lipinski definition) is 5. The van der Waals surface area contributed by atoms with Crippen molar-refractivity contribution in [3.63, 3.8) is 0 Å². The van der Waals surface area contributed by atoms with Crippen LogP contribution in [-0.2, 0) is 14.2 Å². The van der Waals surface area contributed by atoms with Gasteiger partial charge in [0.1, 0.15) is 6.61 Å². The van der Waals surface area contributed by atoms with Crippen molar-refractivity contribution in [2.45, 2.75) is 0 Å². The number of carbonyl (C=O) groups is 1. The minimum Gasteiger partial charge on any atom is -0.628 e. The Morgan fingerprint density at radius 3 is 2.36 bits per heavy atom. The fourth-order valence-corrected chi connectivity index (χ4v) is 0.422. The number of ether oxygens (including phenoxy) is 3. The summed E-state index contributed by atoms with van der Waals surface area (Å²) >= 11 is 0. The van der Waals surface area contributed by atoms with Crippen LogP contribution in [-0.4, -0.2) is 25.5 Å². The zero-order valence-electron chi connectivity index (χ0n) is 7.43. The van der Waals surface area contributed by atoms with E-state index in [1.165, 1.54) is 12.2 Å². The maximum atomic E-state index is 10.7. The van der Waals surface area contributed by atoms with Gasteiger partial charge in [-0.05, 0) is 6.08 Å². The molecule has 0 rings (SSSR count). The smallest absolute Gasteiger partial charge is 0.628 e. The Labute approximate surface area is 80.6 Å². The molecule has 0 N–H and O–H groups in total. The molecule has 0 amide bonds. The third kappa shape index (κ3) is 5.64. The van der Waals surface area contributed by atoms with Crippen molar-refractivity contribution in [1.82, 2.24) is 0 Å². The minimum absolute atomic E-state index is 0.0215. The second kappa shape index (κ2) is 7.66. The highest BCUT2D eigenvalue weighted by atomic mass is 17.1. The standard InChI is InChI=1S/C8H10O6/c1-3-5-11-7(9)13-8(14-10)12-6-4-2/h3-4H,1-2,5-6H2. The second-order valence-electron chi connectivity index (χ2n) is 1.88. The third-order valence-electron chi connectivity index (χ3n) is 0.873. The van der Waals surface area contributed by atoms with E-state index < -0.39 is 12.3 Å². The molecule has 6 nitrogen and oxygen atoms in total. The number of carbonyl (C=O) groups excluding carboxylic acids is 2. The van der Waals surface area contributed by atoms with E-state index in [9.17, 15) is 10.1 Å². The summed E-state index contributed by atoms with van der Waals surface area (Å²) in [5.74, 6) is 0. The molecule has 0 spiro atoms. The van der Waals surface area contributed by atoms with Crippen molar-refractivity contribution < 1.29 is 28.8 Å². The Morgan fingerprint density at radius 2 is 1.86 bits per heavy atom. The summed E-state index contributed by atoms with van der Waals surface area (Å²) in [5, 5.41) is 9.90. The van der Waals surface area contributed by atoms with E-state index in [1.54, 1.807) is 0 Å². The minimum atomic E-state index is -1.11. The fourth-order valence-electron chi connectivity index (χ4n) is 0.422. The van der Waals surface area contributed by atoms with Gasteiger partial charge in [-0.15, -0.1) is 0 Å². The van der Waals surface area contributed by atoms with Crippen molar-refractivity contribution in [3.05, 3.63) is 25.3 Å². The van der Waals surface area contributed by atoms with Gasteiger partial charge in [-0.25, -0.2) is 4.74 Å². The van der Waals surface area contributed by atoms with Gasteiger partial charge in [0.25, 0.3) is 0 Å². The molecule has 14 heavy (non-hydrogen) atoms. The highest BCUT2D eigenvalue weighted by Gasteiger charge is 2.24. The SMILES string of the molecule is C=CCOC(=O)OC(OCC=C)=[O+][O-]. The molecule has 0 saturated carbocycles. The van der Waals surface area contributed by atoms with Crippen LogP contribution < -0.4 is 5.26 Å².